The van der Waals surface area contributed by atoms with Crippen LogP contribution in [0.3, 0.4) is 0 Å². The maximum absolute atomic E-state index is 14.7. The van der Waals surface area contributed by atoms with Crippen molar-refractivity contribution in [3.8, 4) is 0 Å². The molecule has 5 heterocycles. The van der Waals surface area contributed by atoms with E-state index >= 15 is 0 Å². The van der Waals surface area contributed by atoms with E-state index in [0.717, 1.165) is 72.3 Å². The molecule has 0 unspecified atom stereocenters. The first-order valence-electron chi connectivity index (χ1n) is 26.6. The fourth-order valence-electron chi connectivity index (χ4n) is 11.6. The molecule has 0 saturated carbocycles. The number of anilines is 1. The second kappa shape index (κ2) is 25.0. The van der Waals surface area contributed by atoms with E-state index in [9.17, 15) is 51.9 Å². The predicted octanol–water partition coefficient (Wildman–Crippen LogP) is 4.87. The van der Waals surface area contributed by atoms with Gasteiger partial charge in [-0.3, -0.25) is 9.10 Å². The molecule has 76 heavy (non-hydrogen) atoms. The fourth-order valence-corrected chi connectivity index (χ4v) is 13.8. The Hall–Kier alpha value is -2.66. The lowest BCUT2D eigenvalue weighted by atomic mass is 9.74. The number of esters is 1. The maximum Gasteiger partial charge on any atom is 0.416 e. The molecule has 4 saturated heterocycles. The molecule has 4 fully saturated rings. The summed E-state index contributed by atoms with van der Waals surface area (Å²) in [5, 5.41) is 66.2. The van der Waals surface area contributed by atoms with Gasteiger partial charge in [0.1, 0.15) is 40.1 Å². The minimum Gasteiger partial charge on any atom is -0.459 e. The van der Waals surface area contributed by atoms with Gasteiger partial charge in [0.2, 0.25) is 0 Å². The minimum atomic E-state index is -4.70. The van der Waals surface area contributed by atoms with Crippen LogP contribution in [0.1, 0.15) is 125 Å². The van der Waals surface area contributed by atoms with E-state index in [1.807, 2.05) is 6.92 Å². The average Bonchev–Trinajstić information content (AvgIpc) is 3.88. The van der Waals surface area contributed by atoms with Gasteiger partial charge in [-0.15, -0.1) is 11.3 Å². The molecule has 7 N–H and O–H groups in total. The summed E-state index contributed by atoms with van der Waals surface area (Å²) in [6.07, 6.45) is -11.6. The van der Waals surface area contributed by atoms with Crippen molar-refractivity contribution in [2.45, 2.75) is 217 Å². The Bertz CT molecular complexity index is 2280. The van der Waals surface area contributed by atoms with E-state index in [4.69, 9.17) is 28.4 Å². The number of nitrogens with one attached hydrogen (secondary N) is 2. The number of halogens is 3. The van der Waals surface area contributed by atoms with Crippen molar-refractivity contribution in [1.29, 1.82) is 0 Å². The Labute approximate surface area is 450 Å². The molecule has 2 aromatic rings. The molecule has 0 spiro atoms. The average molecular weight is 1120 g/mol. The van der Waals surface area contributed by atoms with Crippen LogP contribution in [0.25, 0.3) is 0 Å². The number of carbonyl (C=O) groups excluding carboxylic acids is 1. The van der Waals surface area contributed by atoms with Crippen LogP contribution in [0.15, 0.2) is 35.8 Å². The van der Waals surface area contributed by atoms with Crippen molar-refractivity contribution >= 4 is 33.2 Å². The number of aliphatic hydroxyl groups excluding tert-OH is 2. The molecular weight excluding hydrogens is 1040 g/mol. The highest BCUT2D eigenvalue weighted by Gasteiger charge is 2.59. The first-order valence-corrected chi connectivity index (χ1v) is 28.9. The Balaban J connectivity index is 1.37. The third kappa shape index (κ3) is 14.3. The molecule has 0 amide bonds. The molecule has 0 radical (unpaired) electrons. The lowest BCUT2D eigenvalue weighted by Gasteiger charge is -2.55. The number of hydrogen-bond donors (Lipinski definition) is 7. The maximum atomic E-state index is 14.7. The molecule has 19 nitrogen and oxygen atoms in total. The third-order valence-corrected chi connectivity index (χ3v) is 18.6. The van der Waals surface area contributed by atoms with E-state index in [1.165, 1.54) is 27.2 Å². The molecule has 0 bridgehead atoms. The predicted molar refractivity (Wildman–Crippen MR) is 277 cm³/mol. The van der Waals surface area contributed by atoms with Crippen LogP contribution in [0.4, 0.5) is 18.9 Å². The third-order valence-electron chi connectivity index (χ3n) is 16.3. The largest absolute Gasteiger partial charge is 0.459 e. The SMILES string of the molecule is CC[C@H]1OC(=O)[C@H](C)[C@@H](O[C@H]2C[C@@](C)(OC)[C@](O)(CN3CCCCC3)[C@H](C)O2)[C@H](C)[C@@H](O[C@@H]2O[C@H](C)C[C@H](NS(=O)(=O)N(Cc3nccs3)c3ccc(C(F)(F)F)cc3)[C@H]2O)[C@](C)(O)C[C@@H](C)CN[C@H](C)[C@@H](O)[C@]1(C)O. The van der Waals surface area contributed by atoms with E-state index < -0.39 is 130 Å². The number of ether oxygens (including phenoxy) is 6. The summed E-state index contributed by atoms with van der Waals surface area (Å²) in [5.74, 6) is -3.44. The Morgan fingerprint density at radius 2 is 1.63 bits per heavy atom. The van der Waals surface area contributed by atoms with Crippen LogP contribution in [0, 0.1) is 17.8 Å². The number of rotatable bonds is 14. The Morgan fingerprint density at radius 3 is 2.22 bits per heavy atom. The summed E-state index contributed by atoms with van der Waals surface area (Å²) in [6.45, 7) is 18.3. The van der Waals surface area contributed by atoms with Crippen molar-refractivity contribution < 1.29 is 80.3 Å². The monoisotopic (exact) mass is 1120 g/mol. The zero-order valence-corrected chi connectivity index (χ0v) is 47.4. The van der Waals surface area contributed by atoms with Crippen LogP contribution in [0.5, 0.6) is 0 Å². The lowest BCUT2D eigenvalue weighted by Crippen LogP contribution is -2.70. The zero-order valence-electron chi connectivity index (χ0n) is 45.7. The molecule has 1 aromatic carbocycles. The van der Waals surface area contributed by atoms with Crippen LogP contribution in [0.2, 0.25) is 0 Å². The van der Waals surface area contributed by atoms with Crippen molar-refractivity contribution in [3.63, 3.8) is 0 Å². The van der Waals surface area contributed by atoms with E-state index in [0.29, 0.717) is 5.01 Å². The molecule has 18 atom stereocenters. The van der Waals surface area contributed by atoms with Gasteiger partial charge in [0.25, 0.3) is 0 Å². The number of piperidine rings is 1. The second-order valence-electron chi connectivity index (χ2n) is 22.5. The van der Waals surface area contributed by atoms with Gasteiger partial charge in [-0.05, 0) is 130 Å². The number of methoxy groups -OCH3 is 1. The number of aliphatic hydroxyl groups is 5. The number of alkyl halides is 3. The molecule has 0 aliphatic carbocycles. The molecule has 6 rings (SSSR count). The number of β-amino-alcohol motifs (C(OH)–C–C–N with tert-alkyl or cyclic N) is 1. The number of carbonyl (C=O) groups is 1. The fraction of sp³-hybridized carbons (Fsp3) is 0.808. The van der Waals surface area contributed by atoms with Gasteiger partial charge in [-0.1, -0.05) is 27.2 Å². The number of thiazole rings is 1. The Morgan fingerprint density at radius 1 is 0.974 bits per heavy atom. The molecular formula is C52H84F3N5O14S2. The number of benzene rings is 1. The summed E-state index contributed by atoms with van der Waals surface area (Å²) in [5.41, 5.74) is -7.63. The second-order valence-corrected chi connectivity index (χ2v) is 25.1. The number of likely N-dealkylation sites (tertiary alicyclic amines) is 1. The minimum absolute atomic E-state index is 0.00680. The molecule has 1 aromatic heterocycles. The summed E-state index contributed by atoms with van der Waals surface area (Å²) < 4.78 is 112. The summed E-state index contributed by atoms with van der Waals surface area (Å²) in [7, 11) is -3.19. The highest BCUT2D eigenvalue weighted by Crippen LogP contribution is 2.44. The van der Waals surface area contributed by atoms with Gasteiger partial charge >= 0.3 is 22.4 Å². The quantitative estimate of drug-likeness (QED) is 0.125. The highest BCUT2D eigenvalue weighted by atomic mass is 32.2. The van der Waals surface area contributed by atoms with Gasteiger partial charge in [0.05, 0.1) is 59.8 Å². The van der Waals surface area contributed by atoms with E-state index in [-0.39, 0.29) is 56.9 Å². The van der Waals surface area contributed by atoms with E-state index in [2.05, 4.69) is 19.9 Å². The van der Waals surface area contributed by atoms with Gasteiger partial charge in [0, 0.05) is 43.6 Å². The summed E-state index contributed by atoms with van der Waals surface area (Å²) >= 11 is 1.14. The topological polar surface area (TPSA) is 251 Å². The number of cyclic esters (lactones) is 1. The molecule has 4 aliphatic rings. The van der Waals surface area contributed by atoms with Gasteiger partial charge in [0.15, 0.2) is 12.6 Å². The van der Waals surface area contributed by atoms with Crippen LogP contribution >= 0.6 is 11.3 Å². The van der Waals surface area contributed by atoms with Crippen molar-refractivity contribution in [1.82, 2.24) is 19.9 Å². The number of hydrogen-bond acceptors (Lipinski definition) is 18. The van der Waals surface area contributed by atoms with Crippen molar-refractivity contribution in [2.75, 3.05) is 37.6 Å². The molecule has 4 aliphatic heterocycles. The van der Waals surface area contributed by atoms with Gasteiger partial charge < -0.3 is 64.2 Å². The van der Waals surface area contributed by atoms with Gasteiger partial charge in [-0.2, -0.15) is 26.3 Å². The van der Waals surface area contributed by atoms with Crippen molar-refractivity contribution in [3.05, 3.63) is 46.4 Å². The standard InChI is InChI=1S/C52H84F3N5O14S2/c1-12-39-50(10,65)44(62)34(6)57-27-30(2)25-48(8,64)45(32(4)43(33(5)46(63)72-39)73-41-26-49(9,69-11)51(66,35(7)71-41)29-59-21-14-13-15-22-59)74-47-42(61)38(24-31(3)70-47)58-76(67,68)60(28-40-56-20-23-75-40)37-18-16-36(17-19-37)52(53,54)55/h16-20,23,30-35,38-39,41-45,47,57-58,61-62,64-66H,12-15,21-22,24-29H2,1-11H3/t30-,31-,32+,33-,34-,35+,38+,39-,41+,42-,43+,44-,45-,47+,48-,49-,50-,51+/m1/s1. The Kier molecular flexibility index (Phi) is 20.6. The molecule has 24 heteroatoms. The van der Waals surface area contributed by atoms with Crippen molar-refractivity contribution in [2.24, 2.45) is 17.8 Å². The summed E-state index contributed by atoms with van der Waals surface area (Å²) in [6, 6.07) is 1.57. The van der Waals surface area contributed by atoms with Crippen LogP contribution in [-0.4, -0.2) is 173 Å². The first kappa shape index (κ1) is 62.5. The zero-order chi connectivity index (χ0) is 56.3. The van der Waals surface area contributed by atoms with Gasteiger partial charge in [-0.25, -0.2) is 4.98 Å². The van der Waals surface area contributed by atoms with Crippen LogP contribution < -0.4 is 14.3 Å². The first-order chi connectivity index (χ1) is 35.4. The highest BCUT2D eigenvalue weighted by molar-refractivity contribution is 7.90. The smallest absolute Gasteiger partial charge is 0.416 e. The van der Waals surface area contributed by atoms with Crippen LogP contribution in [-0.2, 0) is 56.1 Å². The number of aromatic nitrogens is 1. The lowest BCUT2D eigenvalue weighted by molar-refractivity contribution is -0.339. The van der Waals surface area contributed by atoms with E-state index in [1.54, 1.807) is 53.8 Å². The normalized spacial score (nSPS) is 40.2. The number of nitrogens with zero attached hydrogens (tertiary/aromatic N) is 3. The molecule has 434 valence electrons. The summed E-state index contributed by atoms with van der Waals surface area (Å²) in [4.78, 5) is 21.0.